The summed E-state index contributed by atoms with van der Waals surface area (Å²) in [5, 5.41) is 6.79. The van der Waals surface area contributed by atoms with Gasteiger partial charge in [-0.1, -0.05) is 30.3 Å². The molecule has 2 heterocycles. The lowest BCUT2D eigenvalue weighted by Crippen LogP contribution is -2.20. The molecule has 2 aromatic heterocycles. The van der Waals surface area contributed by atoms with Crippen molar-refractivity contribution >= 4 is 45.7 Å². The van der Waals surface area contributed by atoms with Gasteiger partial charge in [0.1, 0.15) is 17.0 Å². The Kier molecular flexibility index (Phi) is 7.17. The molecule has 0 saturated carbocycles. The predicted octanol–water partition coefficient (Wildman–Crippen LogP) is 5.15. The van der Waals surface area contributed by atoms with Crippen LogP contribution in [-0.4, -0.2) is 34.7 Å². The van der Waals surface area contributed by atoms with Gasteiger partial charge < -0.3 is 24.7 Å². The highest BCUT2D eigenvalue weighted by atomic mass is 35.5. The molecule has 10 heteroatoms. The minimum Gasteiger partial charge on any atom is -0.496 e. The maximum absolute atomic E-state index is 13.4. The number of nitrogens with zero attached hydrogens (tertiary/aromatic N) is 3. The summed E-state index contributed by atoms with van der Waals surface area (Å²) in [4.78, 5) is 34.2. The summed E-state index contributed by atoms with van der Waals surface area (Å²) < 4.78 is 12.4. The number of fused-ring (bicyclic) bond motifs is 1. The van der Waals surface area contributed by atoms with Crippen LogP contribution in [0.3, 0.4) is 0 Å². The van der Waals surface area contributed by atoms with Crippen molar-refractivity contribution in [3.63, 3.8) is 0 Å². The molecular formula is C27H26ClN5O4. The molecule has 0 aliphatic carbocycles. The van der Waals surface area contributed by atoms with Gasteiger partial charge in [-0.25, -0.2) is 9.97 Å². The van der Waals surface area contributed by atoms with Gasteiger partial charge in [0.2, 0.25) is 11.9 Å². The molecule has 0 fully saturated rings. The Balaban J connectivity index is 1.84. The molecule has 37 heavy (non-hydrogen) atoms. The maximum atomic E-state index is 13.4. The van der Waals surface area contributed by atoms with E-state index >= 15 is 0 Å². The minimum atomic E-state index is -0.349. The largest absolute Gasteiger partial charge is 0.496 e. The predicted molar refractivity (Wildman–Crippen MR) is 146 cm³/mol. The van der Waals surface area contributed by atoms with Gasteiger partial charge in [-0.2, -0.15) is 0 Å². The minimum absolute atomic E-state index is 0.206. The number of para-hydroxylation sites is 1. The van der Waals surface area contributed by atoms with Crippen molar-refractivity contribution in [3.05, 3.63) is 75.7 Å². The van der Waals surface area contributed by atoms with E-state index in [-0.39, 0.29) is 22.9 Å². The molecule has 0 unspecified atom stereocenters. The molecule has 9 nitrogen and oxygen atoms in total. The number of hydrogen-bond donors (Lipinski definition) is 2. The summed E-state index contributed by atoms with van der Waals surface area (Å²) in [6.45, 7) is 7.23. The number of methoxy groups -OCH3 is 2. The number of ether oxygens (including phenoxy) is 2. The van der Waals surface area contributed by atoms with Crippen LogP contribution in [0.5, 0.6) is 11.5 Å². The quantitative estimate of drug-likeness (QED) is 0.325. The number of pyridine rings is 1. The fraction of sp³-hybridized carbons (Fsp3) is 0.185. The average molecular weight is 520 g/mol. The first-order valence-electron chi connectivity index (χ1n) is 11.3. The molecule has 0 spiro atoms. The molecule has 190 valence electrons. The number of aromatic nitrogens is 3. The van der Waals surface area contributed by atoms with Crippen LogP contribution in [0.25, 0.3) is 22.2 Å². The molecule has 2 aromatic carbocycles. The van der Waals surface area contributed by atoms with Crippen molar-refractivity contribution in [1.29, 1.82) is 0 Å². The third-order valence-corrected chi connectivity index (χ3v) is 6.44. The molecule has 1 amide bonds. The zero-order valence-corrected chi connectivity index (χ0v) is 21.9. The normalized spacial score (nSPS) is 10.8. The van der Waals surface area contributed by atoms with Gasteiger partial charge >= 0.3 is 0 Å². The Hall–Kier alpha value is -4.37. The molecule has 0 aliphatic heterocycles. The molecular weight excluding hydrogens is 494 g/mol. The van der Waals surface area contributed by atoms with Crippen molar-refractivity contribution in [3.8, 4) is 22.8 Å². The Bertz CT molecular complexity index is 1590. The second-order valence-corrected chi connectivity index (χ2v) is 8.68. The highest BCUT2D eigenvalue weighted by Gasteiger charge is 2.21. The van der Waals surface area contributed by atoms with Crippen LogP contribution in [0, 0.1) is 13.8 Å². The van der Waals surface area contributed by atoms with E-state index in [1.54, 1.807) is 38.6 Å². The van der Waals surface area contributed by atoms with E-state index in [0.29, 0.717) is 44.5 Å². The van der Waals surface area contributed by atoms with Crippen molar-refractivity contribution in [2.75, 3.05) is 24.9 Å². The van der Waals surface area contributed by atoms with Crippen LogP contribution in [0.2, 0.25) is 5.02 Å². The topological polar surface area (TPSA) is 107 Å². The van der Waals surface area contributed by atoms with E-state index in [0.717, 1.165) is 11.1 Å². The van der Waals surface area contributed by atoms with Crippen LogP contribution in [0.15, 0.2) is 54.0 Å². The number of aryl methyl sites for hydroxylation is 1. The van der Waals surface area contributed by atoms with Crippen molar-refractivity contribution in [2.24, 2.45) is 7.05 Å². The molecule has 0 saturated heterocycles. The fourth-order valence-electron chi connectivity index (χ4n) is 4.08. The summed E-state index contributed by atoms with van der Waals surface area (Å²) in [5.41, 5.74) is 3.82. The fourth-order valence-corrected chi connectivity index (χ4v) is 4.45. The SMILES string of the molecule is C=CC(=O)Nc1cccc(C)c1Nc1ncc2cc(-c3c(C)c(OC)cc(OC)c3Cl)n(C)c(=O)c2n1. The number of benzene rings is 2. The third-order valence-electron chi connectivity index (χ3n) is 6.07. The number of carbonyl (C=O) groups excluding carboxylic acids is 1. The number of nitrogens with one attached hydrogen (secondary N) is 2. The highest BCUT2D eigenvalue weighted by Crippen LogP contribution is 2.42. The lowest BCUT2D eigenvalue weighted by molar-refractivity contribution is -0.111. The summed E-state index contributed by atoms with van der Waals surface area (Å²) in [7, 11) is 4.73. The van der Waals surface area contributed by atoms with Crippen molar-refractivity contribution in [2.45, 2.75) is 13.8 Å². The first-order chi connectivity index (χ1) is 17.7. The van der Waals surface area contributed by atoms with Crippen LogP contribution >= 0.6 is 11.6 Å². The standard InChI is InChI=1S/C27H26ClN5O4/c1-7-21(34)30-17-10-8-9-14(2)24(17)31-27-29-13-16-11-18(33(4)26(35)25(16)32-27)22-15(3)19(36-5)12-20(37-6)23(22)28/h7-13H,1H2,2-6H3,(H,30,34)(H,29,31,32). The van der Waals surface area contributed by atoms with E-state index in [1.807, 2.05) is 26.0 Å². The van der Waals surface area contributed by atoms with Gasteiger partial charge in [-0.05, 0) is 37.6 Å². The van der Waals surface area contributed by atoms with Crippen molar-refractivity contribution in [1.82, 2.24) is 14.5 Å². The lowest BCUT2D eigenvalue weighted by Gasteiger charge is -2.18. The number of halogens is 1. The highest BCUT2D eigenvalue weighted by molar-refractivity contribution is 6.35. The molecule has 2 N–H and O–H groups in total. The Morgan fingerprint density at radius 1 is 1.16 bits per heavy atom. The van der Waals surface area contributed by atoms with Gasteiger partial charge in [-0.15, -0.1) is 0 Å². The summed E-state index contributed by atoms with van der Waals surface area (Å²) in [6.07, 6.45) is 2.75. The van der Waals surface area contributed by atoms with E-state index in [4.69, 9.17) is 21.1 Å². The van der Waals surface area contributed by atoms with Crippen LogP contribution in [-0.2, 0) is 11.8 Å². The summed E-state index contributed by atoms with van der Waals surface area (Å²) in [6, 6.07) is 8.96. The van der Waals surface area contributed by atoms with Gasteiger partial charge in [0.25, 0.3) is 5.56 Å². The third kappa shape index (κ3) is 4.73. The average Bonchev–Trinajstić information content (AvgIpc) is 2.89. The number of amides is 1. The molecule has 0 radical (unpaired) electrons. The first kappa shape index (κ1) is 25.7. The molecule has 4 aromatic rings. The van der Waals surface area contributed by atoms with Gasteiger partial charge in [0, 0.05) is 35.8 Å². The van der Waals surface area contributed by atoms with E-state index in [1.165, 1.54) is 17.8 Å². The monoisotopic (exact) mass is 519 g/mol. The number of hydrogen-bond acceptors (Lipinski definition) is 7. The van der Waals surface area contributed by atoms with E-state index in [2.05, 4.69) is 27.2 Å². The van der Waals surface area contributed by atoms with Gasteiger partial charge in [0.05, 0.1) is 36.3 Å². The van der Waals surface area contributed by atoms with E-state index in [9.17, 15) is 9.59 Å². The Labute approximate surface area is 218 Å². The second kappa shape index (κ2) is 10.3. The number of carbonyl (C=O) groups is 1. The van der Waals surface area contributed by atoms with E-state index < -0.39 is 0 Å². The van der Waals surface area contributed by atoms with Gasteiger partial charge in [-0.3, -0.25) is 9.59 Å². The Morgan fingerprint density at radius 2 is 1.89 bits per heavy atom. The van der Waals surface area contributed by atoms with Crippen molar-refractivity contribution < 1.29 is 14.3 Å². The van der Waals surface area contributed by atoms with Gasteiger partial charge in [0.15, 0.2) is 0 Å². The molecule has 0 bridgehead atoms. The van der Waals surface area contributed by atoms with Crippen LogP contribution < -0.4 is 25.7 Å². The zero-order valence-electron chi connectivity index (χ0n) is 21.1. The molecule has 4 rings (SSSR count). The zero-order chi connectivity index (χ0) is 26.9. The second-order valence-electron chi connectivity index (χ2n) is 8.30. The number of rotatable bonds is 7. The maximum Gasteiger partial charge on any atom is 0.277 e. The van der Waals surface area contributed by atoms with Crippen LogP contribution in [0.4, 0.5) is 17.3 Å². The summed E-state index contributed by atoms with van der Waals surface area (Å²) in [5.74, 6) is 0.868. The number of anilines is 3. The molecule has 0 atom stereocenters. The summed E-state index contributed by atoms with van der Waals surface area (Å²) >= 11 is 6.67. The Morgan fingerprint density at radius 3 is 2.57 bits per heavy atom. The van der Waals surface area contributed by atoms with Crippen LogP contribution in [0.1, 0.15) is 11.1 Å². The smallest absolute Gasteiger partial charge is 0.277 e. The lowest BCUT2D eigenvalue weighted by atomic mass is 10.0. The molecule has 0 aliphatic rings. The first-order valence-corrected chi connectivity index (χ1v) is 11.7.